The topological polar surface area (TPSA) is 84.2 Å². The van der Waals surface area contributed by atoms with Gasteiger partial charge in [-0.25, -0.2) is 0 Å². The number of hydrogen-bond acceptors (Lipinski definition) is 4. The van der Waals surface area contributed by atoms with Crippen molar-refractivity contribution in [2.45, 2.75) is 34.6 Å². The number of benzene rings is 1. The van der Waals surface area contributed by atoms with Gasteiger partial charge >= 0.3 is 0 Å². The number of amides is 2. The third-order valence-electron chi connectivity index (χ3n) is 3.77. The van der Waals surface area contributed by atoms with Gasteiger partial charge in [-0.3, -0.25) is 9.59 Å². The average Bonchev–Trinajstić information content (AvgIpc) is 2.88. The summed E-state index contributed by atoms with van der Waals surface area (Å²) in [5.41, 5.74) is 1.62. The standard InChI is InChI=1S/C17H21N3O3/c1-10-6-7-13(8-11(10)2)18-15(21)17(4,5)16(22)19-14-9-12(3)23-20-14/h6-9H,1-5H3,(H,18,21)(H,19,20,22). The first-order valence-corrected chi connectivity index (χ1v) is 7.33. The number of nitrogens with zero attached hydrogens (tertiary/aromatic N) is 1. The first-order chi connectivity index (χ1) is 10.7. The van der Waals surface area contributed by atoms with Gasteiger partial charge in [0, 0.05) is 11.8 Å². The van der Waals surface area contributed by atoms with E-state index in [1.165, 1.54) is 0 Å². The predicted octanol–water partition coefficient (Wildman–Crippen LogP) is 3.20. The van der Waals surface area contributed by atoms with Crippen molar-refractivity contribution in [2.75, 3.05) is 10.6 Å². The number of aryl methyl sites for hydroxylation is 3. The van der Waals surface area contributed by atoms with Crippen molar-refractivity contribution in [1.82, 2.24) is 5.16 Å². The molecular weight excluding hydrogens is 294 g/mol. The van der Waals surface area contributed by atoms with E-state index in [0.717, 1.165) is 11.1 Å². The minimum atomic E-state index is -1.26. The van der Waals surface area contributed by atoms with Crippen molar-refractivity contribution in [3.8, 4) is 0 Å². The third kappa shape index (κ3) is 3.77. The van der Waals surface area contributed by atoms with Crippen LogP contribution in [0.25, 0.3) is 0 Å². The van der Waals surface area contributed by atoms with Gasteiger partial charge in [0.15, 0.2) is 5.82 Å². The van der Waals surface area contributed by atoms with Crippen LogP contribution in [-0.4, -0.2) is 17.0 Å². The van der Waals surface area contributed by atoms with Gasteiger partial charge in [-0.05, 0) is 57.9 Å². The van der Waals surface area contributed by atoms with Crippen LogP contribution in [0.4, 0.5) is 11.5 Å². The molecule has 6 heteroatoms. The maximum absolute atomic E-state index is 12.5. The van der Waals surface area contributed by atoms with Gasteiger partial charge in [0.1, 0.15) is 11.2 Å². The van der Waals surface area contributed by atoms with Crippen LogP contribution in [0.3, 0.4) is 0 Å². The highest BCUT2D eigenvalue weighted by Crippen LogP contribution is 2.22. The largest absolute Gasteiger partial charge is 0.360 e. The lowest BCUT2D eigenvalue weighted by molar-refractivity contribution is -0.135. The molecule has 0 atom stereocenters. The summed E-state index contributed by atoms with van der Waals surface area (Å²) < 4.78 is 4.89. The SMILES string of the molecule is Cc1cc(NC(=O)C(C)(C)C(=O)Nc2ccc(C)c(C)c2)no1. The second-order valence-corrected chi connectivity index (χ2v) is 6.16. The summed E-state index contributed by atoms with van der Waals surface area (Å²) in [6.45, 7) is 8.81. The van der Waals surface area contributed by atoms with Gasteiger partial charge in [0.05, 0.1) is 0 Å². The smallest absolute Gasteiger partial charge is 0.240 e. The summed E-state index contributed by atoms with van der Waals surface area (Å²) >= 11 is 0. The van der Waals surface area contributed by atoms with E-state index in [1.807, 2.05) is 32.0 Å². The molecule has 0 spiro atoms. The lowest BCUT2D eigenvalue weighted by Crippen LogP contribution is -2.41. The summed E-state index contributed by atoms with van der Waals surface area (Å²) in [7, 11) is 0. The Morgan fingerprint density at radius 1 is 1.00 bits per heavy atom. The molecule has 1 aromatic heterocycles. The lowest BCUT2D eigenvalue weighted by atomic mass is 9.91. The van der Waals surface area contributed by atoms with Gasteiger partial charge in [0.2, 0.25) is 11.8 Å². The van der Waals surface area contributed by atoms with E-state index >= 15 is 0 Å². The van der Waals surface area contributed by atoms with Crippen LogP contribution < -0.4 is 10.6 Å². The van der Waals surface area contributed by atoms with E-state index in [-0.39, 0.29) is 0 Å². The first kappa shape index (κ1) is 16.7. The van der Waals surface area contributed by atoms with E-state index in [1.54, 1.807) is 26.8 Å². The van der Waals surface area contributed by atoms with Gasteiger partial charge in [0.25, 0.3) is 0 Å². The Balaban J connectivity index is 2.09. The zero-order valence-corrected chi connectivity index (χ0v) is 14.0. The van der Waals surface area contributed by atoms with Crippen LogP contribution in [0.5, 0.6) is 0 Å². The summed E-state index contributed by atoms with van der Waals surface area (Å²) in [6.07, 6.45) is 0. The van der Waals surface area contributed by atoms with Crippen molar-refractivity contribution >= 4 is 23.3 Å². The molecule has 0 saturated carbocycles. The van der Waals surface area contributed by atoms with Crippen LogP contribution in [0.15, 0.2) is 28.8 Å². The number of aromatic nitrogens is 1. The number of nitrogens with one attached hydrogen (secondary N) is 2. The van der Waals surface area contributed by atoms with Crippen molar-refractivity contribution in [1.29, 1.82) is 0 Å². The molecule has 23 heavy (non-hydrogen) atoms. The Kier molecular flexibility index (Phi) is 4.54. The summed E-state index contributed by atoms with van der Waals surface area (Å²) in [4.78, 5) is 24.8. The van der Waals surface area contributed by atoms with Crippen molar-refractivity contribution in [3.63, 3.8) is 0 Å². The summed E-state index contributed by atoms with van der Waals surface area (Å²) in [5, 5.41) is 9.06. The van der Waals surface area contributed by atoms with Crippen molar-refractivity contribution < 1.29 is 14.1 Å². The monoisotopic (exact) mass is 315 g/mol. The van der Waals surface area contributed by atoms with E-state index in [9.17, 15) is 9.59 Å². The molecule has 0 fully saturated rings. The number of rotatable bonds is 4. The zero-order valence-electron chi connectivity index (χ0n) is 14.0. The highest BCUT2D eigenvalue weighted by molar-refractivity contribution is 6.13. The van der Waals surface area contributed by atoms with Crippen LogP contribution in [0.2, 0.25) is 0 Å². The Hall–Kier alpha value is -2.63. The highest BCUT2D eigenvalue weighted by Gasteiger charge is 2.36. The molecule has 2 aromatic rings. The van der Waals surface area contributed by atoms with E-state index in [0.29, 0.717) is 17.3 Å². The summed E-state index contributed by atoms with van der Waals surface area (Å²) in [6, 6.07) is 7.21. The minimum absolute atomic E-state index is 0.291. The van der Waals surface area contributed by atoms with Crippen LogP contribution in [0, 0.1) is 26.2 Å². The molecule has 0 saturated heterocycles. The number of hydrogen-bond donors (Lipinski definition) is 2. The van der Waals surface area contributed by atoms with Gasteiger partial charge in [-0.1, -0.05) is 11.2 Å². The third-order valence-corrected chi connectivity index (χ3v) is 3.77. The van der Waals surface area contributed by atoms with Crippen molar-refractivity contribution in [3.05, 3.63) is 41.2 Å². The average molecular weight is 315 g/mol. The Morgan fingerprint density at radius 2 is 1.65 bits per heavy atom. The van der Waals surface area contributed by atoms with Crippen molar-refractivity contribution in [2.24, 2.45) is 5.41 Å². The molecule has 0 aliphatic carbocycles. The fourth-order valence-corrected chi connectivity index (χ4v) is 1.91. The Labute approximate surface area is 135 Å². The fourth-order valence-electron chi connectivity index (χ4n) is 1.91. The molecule has 2 N–H and O–H groups in total. The molecule has 0 aliphatic rings. The molecular formula is C17H21N3O3. The van der Waals surface area contributed by atoms with E-state index in [2.05, 4.69) is 15.8 Å². The predicted molar refractivity (Wildman–Crippen MR) is 88.2 cm³/mol. The first-order valence-electron chi connectivity index (χ1n) is 7.33. The maximum Gasteiger partial charge on any atom is 0.240 e. The van der Waals surface area contributed by atoms with Gasteiger partial charge in [-0.15, -0.1) is 0 Å². The summed E-state index contributed by atoms with van der Waals surface area (Å²) in [5.74, 6) is 0.0304. The van der Waals surface area contributed by atoms with Crippen LogP contribution in [0.1, 0.15) is 30.7 Å². The number of carbonyl (C=O) groups excluding carboxylic acids is 2. The van der Waals surface area contributed by atoms with E-state index in [4.69, 9.17) is 4.52 Å². The number of anilines is 2. The molecule has 0 aliphatic heterocycles. The lowest BCUT2D eigenvalue weighted by Gasteiger charge is -2.22. The molecule has 2 rings (SSSR count). The van der Waals surface area contributed by atoms with Crippen LogP contribution >= 0.6 is 0 Å². The zero-order chi connectivity index (χ0) is 17.2. The maximum atomic E-state index is 12.5. The molecule has 0 bridgehead atoms. The second-order valence-electron chi connectivity index (χ2n) is 6.16. The quantitative estimate of drug-likeness (QED) is 0.849. The second kappa shape index (κ2) is 6.24. The normalized spacial score (nSPS) is 11.2. The number of carbonyl (C=O) groups is 2. The van der Waals surface area contributed by atoms with Crippen LogP contribution in [-0.2, 0) is 9.59 Å². The Morgan fingerprint density at radius 3 is 2.22 bits per heavy atom. The highest BCUT2D eigenvalue weighted by atomic mass is 16.5. The Bertz CT molecular complexity index is 747. The minimum Gasteiger partial charge on any atom is -0.360 e. The van der Waals surface area contributed by atoms with E-state index < -0.39 is 17.2 Å². The molecule has 1 heterocycles. The van der Waals surface area contributed by atoms with Gasteiger partial charge in [-0.2, -0.15) is 0 Å². The molecule has 122 valence electrons. The molecule has 2 amide bonds. The molecule has 0 radical (unpaired) electrons. The molecule has 0 unspecified atom stereocenters. The van der Waals surface area contributed by atoms with Gasteiger partial charge < -0.3 is 15.2 Å². The molecule has 1 aromatic carbocycles. The molecule has 6 nitrogen and oxygen atoms in total. The fraction of sp³-hybridized carbons (Fsp3) is 0.353.